The summed E-state index contributed by atoms with van der Waals surface area (Å²) in [6.45, 7) is 0. The van der Waals surface area contributed by atoms with Gasteiger partial charge < -0.3 is 0 Å². The van der Waals surface area contributed by atoms with Crippen LogP contribution in [0.15, 0.2) is 0 Å². The van der Waals surface area contributed by atoms with E-state index >= 15 is 0 Å². The van der Waals surface area contributed by atoms with E-state index in [1.165, 1.54) is 0 Å². The summed E-state index contributed by atoms with van der Waals surface area (Å²) in [5.74, 6) is -14.6. The lowest BCUT2D eigenvalue weighted by Gasteiger charge is -2.07. The summed E-state index contributed by atoms with van der Waals surface area (Å²) in [5.41, 5.74) is -3.95. The average Bonchev–Trinajstić information content (AvgIpc) is 2.38. The number of hydrogen-bond acceptors (Lipinski definition) is 4. The van der Waals surface area contributed by atoms with E-state index in [9.17, 15) is 36.2 Å². The van der Waals surface area contributed by atoms with Crippen LogP contribution in [0.25, 0.3) is 0 Å². The number of carbonyl (C=O) groups is 2. The molecular weight excluding hydrogens is 274 g/mol. The van der Waals surface area contributed by atoms with Gasteiger partial charge in [-0.05, 0) is 0 Å². The van der Waals surface area contributed by atoms with Gasteiger partial charge in [-0.2, -0.15) is 0 Å². The van der Waals surface area contributed by atoms with Gasteiger partial charge in [0.1, 0.15) is 11.1 Å². The highest BCUT2D eigenvalue weighted by Crippen LogP contribution is 2.26. The van der Waals surface area contributed by atoms with Gasteiger partial charge in [-0.25, -0.2) is 37.0 Å². The van der Waals surface area contributed by atoms with Gasteiger partial charge in [-0.3, -0.25) is 0 Å². The number of halogens is 6. The van der Waals surface area contributed by atoms with Gasteiger partial charge in [0, 0.05) is 9.05 Å². The average molecular weight is 274 g/mol. The third-order valence-electron chi connectivity index (χ3n) is 1.82. The van der Waals surface area contributed by atoms with E-state index in [0.717, 1.165) is 0 Å². The molecule has 1 aromatic carbocycles. The number of rotatable bonds is 2. The van der Waals surface area contributed by atoms with Crippen LogP contribution in [0.2, 0.25) is 0 Å². The first-order valence-corrected chi connectivity index (χ1v) is 3.88. The van der Waals surface area contributed by atoms with Crippen molar-refractivity contribution in [2.45, 2.75) is 0 Å². The predicted octanol–water partition coefficient (Wildman–Crippen LogP) is 2.33. The second-order valence-corrected chi connectivity index (χ2v) is 2.74. The van der Waals surface area contributed by atoms with Crippen molar-refractivity contribution < 1.29 is 46.1 Å². The Labute approximate surface area is 93.5 Å². The molecule has 0 saturated heterocycles. The molecule has 0 aliphatic heterocycles. The summed E-state index contributed by atoms with van der Waals surface area (Å²) in [6, 6.07) is 0. The Morgan fingerprint density at radius 2 is 0.944 bits per heavy atom. The van der Waals surface area contributed by atoms with Gasteiger partial charge in [0.05, 0.1) is 0 Å². The lowest BCUT2D eigenvalue weighted by Crippen LogP contribution is -2.18. The molecule has 0 aliphatic carbocycles. The fraction of sp³-hybridized carbons (Fsp3) is 0. The van der Waals surface area contributed by atoms with E-state index in [1.54, 1.807) is 0 Å². The Kier molecular flexibility index (Phi) is 3.79. The Morgan fingerprint density at radius 3 is 1.17 bits per heavy atom. The molecule has 0 unspecified atom stereocenters. The van der Waals surface area contributed by atoms with E-state index in [4.69, 9.17) is 0 Å². The molecule has 10 heteroatoms. The van der Waals surface area contributed by atoms with Crippen LogP contribution < -0.4 is 0 Å². The molecule has 18 heavy (non-hydrogen) atoms. The zero-order valence-electron chi connectivity index (χ0n) is 7.90. The standard InChI is InChI=1S/C8F6O4/c9-3-1(7(15)17-13)2(8(16)18-14)4(10)6(12)5(3)11. The highest BCUT2D eigenvalue weighted by atomic mass is 19.3. The molecule has 4 nitrogen and oxygen atoms in total. The fourth-order valence-electron chi connectivity index (χ4n) is 1.09. The maximum atomic E-state index is 13.1. The van der Waals surface area contributed by atoms with E-state index < -0.39 is 46.3 Å². The summed E-state index contributed by atoms with van der Waals surface area (Å²) in [7, 11) is 0. The first-order chi connectivity index (χ1) is 8.36. The monoisotopic (exact) mass is 274 g/mol. The van der Waals surface area contributed by atoms with Gasteiger partial charge in [-0.15, -0.1) is 0 Å². The van der Waals surface area contributed by atoms with Crippen LogP contribution in [-0.2, 0) is 9.88 Å². The highest BCUT2D eigenvalue weighted by molar-refractivity contribution is 6.03. The summed E-state index contributed by atoms with van der Waals surface area (Å²) >= 11 is 0. The van der Waals surface area contributed by atoms with Crippen LogP contribution in [0.4, 0.5) is 26.6 Å². The maximum Gasteiger partial charge on any atom is 0.383 e. The van der Waals surface area contributed by atoms with Crippen LogP contribution in [-0.4, -0.2) is 11.9 Å². The molecule has 0 heterocycles. The van der Waals surface area contributed by atoms with Crippen molar-refractivity contribution in [3.63, 3.8) is 0 Å². The Hall–Kier alpha value is -2.26. The van der Waals surface area contributed by atoms with Crippen molar-refractivity contribution in [3.05, 3.63) is 34.4 Å². The summed E-state index contributed by atoms with van der Waals surface area (Å²) < 4.78 is 74.7. The first kappa shape index (κ1) is 13.8. The van der Waals surface area contributed by atoms with Crippen LogP contribution in [0.3, 0.4) is 0 Å². The van der Waals surface area contributed by atoms with Crippen molar-refractivity contribution in [2.24, 2.45) is 0 Å². The van der Waals surface area contributed by atoms with Gasteiger partial charge in [-0.1, -0.05) is 0 Å². The normalized spacial score (nSPS) is 10.1. The van der Waals surface area contributed by atoms with Gasteiger partial charge in [0.2, 0.25) is 0 Å². The minimum atomic E-state index is -2.51. The second-order valence-electron chi connectivity index (χ2n) is 2.74. The SMILES string of the molecule is O=C(OF)c1c(F)c(F)c(F)c(F)c1C(=O)OF. The predicted molar refractivity (Wildman–Crippen MR) is 39.3 cm³/mol. The minimum absolute atomic E-state index is 1.98. The Bertz CT molecular complexity index is 482. The summed E-state index contributed by atoms with van der Waals surface area (Å²) in [5, 5.41) is 0. The fourth-order valence-corrected chi connectivity index (χ4v) is 1.09. The van der Waals surface area contributed by atoms with Crippen molar-refractivity contribution in [3.8, 4) is 0 Å². The molecule has 0 atom stereocenters. The molecule has 98 valence electrons. The lowest BCUT2D eigenvalue weighted by molar-refractivity contribution is -0.0830. The van der Waals surface area contributed by atoms with Gasteiger partial charge in [0.25, 0.3) is 0 Å². The molecule has 0 radical (unpaired) electrons. The molecule has 0 aliphatic rings. The minimum Gasteiger partial charge on any atom is -0.249 e. The van der Waals surface area contributed by atoms with Crippen molar-refractivity contribution in [1.82, 2.24) is 0 Å². The van der Waals surface area contributed by atoms with Gasteiger partial charge in [0.15, 0.2) is 23.3 Å². The third-order valence-corrected chi connectivity index (χ3v) is 1.82. The molecule has 0 bridgehead atoms. The van der Waals surface area contributed by atoms with Crippen molar-refractivity contribution in [2.75, 3.05) is 0 Å². The lowest BCUT2D eigenvalue weighted by atomic mass is 10.1. The van der Waals surface area contributed by atoms with Crippen LogP contribution in [0.5, 0.6) is 0 Å². The molecule has 1 aromatic rings. The van der Waals surface area contributed by atoms with E-state index in [0.29, 0.717) is 0 Å². The van der Waals surface area contributed by atoms with Crippen LogP contribution in [0.1, 0.15) is 20.7 Å². The van der Waals surface area contributed by atoms with Crippen molar-refractivity contribution >= 4 is 11.9 Å². The molecule has 0 N–H and O–H groups in total. The zero-order chi connectivity index (χ0) is 14.0. The third kappa shape index (κ3) is 1.96. The van der Waals surface area contributed by atoms with Crippen molar-refractivity contribution in [1.29, 1.82) is 0 Å². The molecule has 0 amide bonds. The quantitative estimate of drug-likeness (QED) is 0.472. The molecule has 0 aromatic heterocycles. The first-order valence-electron chi connectivity index (χ1n) is 3.88. The van der Waals surface area contributed by atoms with Crippen LogP contribution in [0, 0.1) is 23.3 Å². The Balaban J connectivity index is 3.75. The molecule has 0 fully saturated rings. The van der Waals surface area contributed by atoms with E-state index in [1.807, 2.05) is 0 Å². The number of hydrogen-bond donors (Lipinski definition) is 0. The maximum absolute atomic E-state index is 13.1. The second kappa shape index (κ2) is 4.94. The molecular formula is C8F6O4. The number of carbonyl (C=O) groups excluding carboxylic acids is 2. The Morgan fingerprint density at radius 1 is 0.667 bits per heavy atom. The van der Waals surface area contributed by atoms with Crippen LogP contribution >= 0.6 is 0 Å². The molecule has 1 rings (SSSR count). The van der Waals surface area contributed by atoms with E-state index in [2.05, 4.69) is 9.88 Å². The largest absolute Gasteiger partial charge is 0.383 e. The summed E-state index contributed by atoms with van der Waals surface area (Å²) in [4.78, 5) is 26.2. The smallest absolute Gasteiger partial charge is 0.249 e. The van der Waals surface area contributed by atoms with Gasteiger partial charge >= 0.3 is 11.9 Å². The molecule has 0 spiro atoms. The number of benzene rings is 1. The topological polar surface area (TPSA) is 52.6 Å². The zero-order valence-corrected chi connectivity index (χ0v) is 7.90. The highest BCUT2D eigenvalue weighted by Gasteiger charge is 2.35. The van der Waals surface area contributed by atoms with E-state index in [-0.39, 0.29) is 0 Å². The molecule has 0 saturated carbocycles. The summed E-state index contributed by atoms with van der Waals surface area (Å²) in [6.07, 6.45) is 0.